The van der Waals surface area contributed by atoms with Gasteiger partial charge in [-0.2, -0.15) is 0 Å². The van der Waals surface area contributed by atoms with Crippen molar-refractivity contribution in [3.05, 3.63) is 23.8 Å². The zero-order valence-electron chi connectivity index (χ0n) is 7.84. The van der Waals surface area contributed by atoms with Crippen molar-refractivity contribution < 1.29 is 25.6 Å². The summed E-state index contributed by atoms with van der Waals surface area (Å²) >= 11 is 0. The standard InChI is InChI=1S/C9H11NO4.H2O/c10-5-2-1-3-6(12)8(5)9(14)7(13)4-11;/h1-3,7,11-13H,4,10H2;1H2. The van der Waals surface area contributed by atoms with Gasteiger partial charge < -0.3 is 26.5 Å². The van der Waals surface area contributed by atoms with Gasteiger partial charge in [-0.05, 0) is 12.1 Å². The molecule has 6 heteroatoms. The summed E-state index contributed by atoms with van der Waals surface area (Å²) in [6.07, 6.45) is -1.55. The minimum atomic E-state index is -1.55. The molecule has 1 aromatic rings. The molecule has 0 saturated carbocycles. The van der Waals surface area contributed by atoms with Crippen LogP contribution in [0.25, 0.3) is 0 Å². The topological polar surface area (TPSA) is 135 Å². The molecule has 0 fully saturated rings. The highest BCUT2D eigenvalue weighted by atomic mass is 16.3. The summed E-state index contributed by atoms with van der Waals surface area (Å²) in [4.78, 5) is 11.4. The highest BCUT2D eigenvalue weighted by Gasteiger charge is 2.21. The van der Waals surface area contributed by atoms with E-state index in [0.29, 0.717) is 0 Å². The van der Waals surface area contributed by atoms with Crippen LogP contribution in [0, 0.1) is 0 Å². The first-order valence-electron chi connectivity index (χ1n) is 3.98. The van der Waals surface area contributed by atoms with Crippen LogP contribution >= 0.6 is 0 Å². The van der Waals surface area contributed by atoms with Crippen LogP contribution < -0.4 is 5.73 Å². The minimum absolute atomic E-state index is 0. The Hall–Kier alpha value is -1.63. The predicted octanol–water partition coefficient (Wildman–Crippen LogP) is -1.31. The third kappa shape index (κ3) is 2.66. The summed E-state index contributed by atoms with van der Waals surface area (Å²) in [5, 5.41) is 26.9. The molecule has 0 saturated heterocycles. The van der Waals surface area contributed by atoms with Crippen LogP contribution in [-0.2, 0) is 0 Å². The predicted molar refractivity (Wildman–Crippen MR) is 53.6 cm³/mol. The maximum absolute atomic E-state index is 11.4. The molecule has 0 aromatic heterocycles. The van der Waals surface area contributed by atoms with Crippen LogP contribution in [0.2, 0.25) is 0 Å². The molecule has 0 spiro atoms. The lowest BCUT2D eigenvalue weighted by Crippen LogP contribution is -2.25. The highest BCUT2D eigenvalue weighted by molar-refractivity contribution is 6.05. The van der Waals surface area contributed by atoms with E-state index in [-0.39, 0.29) is 22.5 Å². The summed E-state index contributed by atoms with van der Waals surface area (Å²) in [7, 11) is 0. The lowest BCUT2D eigenvalue weighted by atomic mass is 10.0. The van der Waals surface area contributed by atoms with E-state index in [9.17, 15) is 9.90 Å². The Morgan fingerprint density at radius 1 is 1.47 bits per heavy atom. The van der Waals surface area contributed by atoms with Crippen LogP contribution in [0.15, 0.2) is 18.2 Å². The summed E-state index contributed by atoms with van der Waals surface area (Å²) in [5.74, 6) is -1.09. The van der Waals surface area contributed by atoms with Gasteiger partial charge >= 0.3 is 0 Å². The van der Waals surface area contributed by atoms with Gasteiger partial charge in [0.15, 0.2) is 5.78 Å². The van der Waals surface area contributed by atoms with Crippen LogP contribution in [0.3, 0.4) is 0 Å². The molecule has 0 bridgehead atoms. The van der Waals surface area contributed by atoms with E-state index >= 15 is 0 Å². The first kappa shape index (κ1) is 13.4. The maximum atomic E-state index is 11.4. The molecule has 1 rings (SSSR count). The molecule has 84 valence electrons. The third-order valence-electron chi connectivity index (χ3n) is 1.80. The van der Waals surface area contributed by atoms with Crippen LogP contribution in [0.1, 0.15) is 10.4 Å². The highest BCUT2D eigenvalue weighted by Crippen LogP contribution is 2.24. The number of aromatic hydroxyl groups is 1. The number of hydrogen-bond acceptors (Lipinski definition) is 5. The van der Waals surface area contributed by atoms with Gasteiger partial charge in [-0.15, -0.1) is 0 Å². The second-order valence-corrected chi connectivity index (χ2v) is 2.80. The van der Waals surface area contributed by atoms with Crippen molar-refractivity contribution in [2.45, 2.75) is 6.10 Å². The zero-order valence-corrected chi connectivity index (χ0v) is 7.84. The Morgan fingerprint density at radius 3 is 2.53 bits per heavy atom. The zero-order chi connectivity index (χ0) is 10.7. The van der Waals surface area contributed by atoms with Crippen molar-refractivity contribution in [2.75, 3.05) is 12.3 Å². The van der Waals surface area contributed by atoms with E-state index in [1.165, 1.54) is 18.2 Å². The molecule has 0 aliphatic heterocycles. The van der Waals surface area contributed by atoms with E-state index in [2.05, 4.69) is 0 Å². The summed E-state index contributed by atoms with van der Waals surface area (Å²) in [6.45, 7) is -0.702. The number of Topliss-reactive ketones (excluding diaryl/α,β-unsaturated/α-hetero) is 1. The number of phenols is 1. The van der Waals surface area contributed by atoms with Gasteiger partial charge in [0, 0.05) is 5.69 Å². The van der Waals surface area contributed by atoms with Crippen LogP contribution in [0.5, 0.6) is 5.75 Å². The number of benzene rings is 1. The van der Waals surface area contributed by atoms with Crippen molar-refractivity contribution in [1.82, 2.24) is 0 Å². The molecular formula is C9H13NO5. The quantitative estimate of drug-likeness (QED) is 0.366. The Bertz CT molecular complexity index is 332. The first-order valence-corrected chi connectivity index (χ1v) is 3.98. The van der Waals surface area contributed by atoms with Gasteiger partial charge in [0.1, 0.15) is 11.9 Å². The average Bonchev–Trinajstić information content (AvgIpc) is 2.16. The van der Waals surface area contributed by atoms with Crippen LogP contribution in [0.4, 0.5) is 5.69 Å². The second-order valence-electron chi connectivity index (χ2n) is 2.80. The average molecular weight is 215 g/mol. The fraction of sp³-hybridized carbons (Fsp3) is 0.222. The number of ketones is 1. The largest absolute Gasteiger partial charge is 0.507 e. The fourth-order valence-electron chi connectivity index (χ4n) is 1.08. The van der Waals surface area contributed by atoms with Gasteiger partial charge in [-0.25, -0.2) is 0 Å². The summed E-state index contributed by atoms with van der Waals surface area (Å²) in [6, 6.07) is 4.19. The summed E-state index contributed by atoms with van der Waals surface area (Å²) in [5.41, 5.74) is 5.35. The molecule has 1 atom stereocenters. The van der Waals surface area contributed by atoms with Crippen molar-refractivity contribution in [3.8, 4) is 5.75 Å². The molecule has 0 radical (unpaired) electrons. The van der Waals surface area contributed by atoms with Gasteiger partial charge in [0.2, 0.25) is 0 Å². The number of carbonyl (C=O) groups is 1. The molecular weight excluding hydrogens is 202 g/mol. The summed E-state index contributed by atoms with van der Waals surface area (Å²) < 4.78 is 0. The van der Waals surface area contributed by atoms with E-state index in [1.54, 1.807) is 0 Å². The smallest absolute Gasteiger partial charge is 0.199 e. The fourth-order valence-corrected chi connectivity index (χ4v) is 1.08. The number of aliphatic hydroxyl groups is 2. The Morgan fingerprint density at radius 2 is 2.07 bits per heavy atom. The normalized spacial score (nSPS) is 11.6. The number of carbonyl (C=O) groups excluding carboxylic acids is 1. The van der Waals surface area contributed by atoms with Gasteiger partial charge in [0.05, 0.1) is 12.2 Å². The Balaban J connectivity index is 0.00000196. The van der Waals surface area contributed by atoms with E-state index in [0.717, 1.165) is 0 Å². The van der Waals surface area contributed by atoms with Crippen LogP contribution in [-0.4, -0.2) is 39.3 Å². The Labute approximate surface area is 85.9 Å². The first-order chi connectivity index (χ1) is 6.57. The van der Waals surface area contributed by atoms with Crippen molar-refractivity contribution in [1.29, 1.82) is 0 Å². The van der Waals surface area contributed by atoms with E-state index < -0.39 is 18.5 Å². The monoisotopic (exact) mass is 215 g/mol. The number of aliphatic hydroxyl groups excluding tert-OH is 2. The molecule has 1 aromatic carbocycles. The van der Waals surface area contributed by atoms with Gasteiger partial charge in [-0.1, -0.05) is 6.07 Å². The Kier molecular flexibility index (Phi) is 4.72. The molecule has 0 heterocycles. The number of phenolic OH excluding ortho intramolecular Hbond substituents is 1. The number of nitrogens with two attached hydrogens (primary N) is 1. The molecule has 0 aliphatic rings. The third-order valence-corrected chi connectivity index (χ3v) is 1.80. The minimum Gasteiger partial charge on any atom is -0.507 e. The van der Waals surface area contributed by atoms with Crippen molar-refractivity contribution >= 4 is 11.5 Å². The van der Waals surface area contributed by atoms with E-state index in [1.807, 2.05) is 0 Å². The molecule has 1 unspecified atom stereocenters. The second kappa shape index (κ2) is 5.30. The van der Waals surface area contributed by atoms with E-state index in [4.69, 9.17) is 15.9 Å². The number of anilines is 1. The SMILES string of the molecule is Nc1cccc(O)c1C(=O)C(O)CO.O. The molecule has 0 amide bonds. The number of nitrogen functional groups attached to an aromatic ring is 1. The van der Waals surface area contributed by atoms with Crippen molar-refractivity contribution in [3.63, 3.8) is 0 Å². The lowest BCUT2D eigenvalue weighted by Gasteiger charge is -2.09. The molecule has 15 heavy (non-hydrogen) atoms. The molecule has 0 aliphatic carbocycles. The lowest BCUT2D eigenvalue weighted by molar-refractivity contribution is 0.0586. The molecule has 7 N–H and O–H groups in total. The number of hydrogen-bond donors (Lipinski definition) is 4. The van der Waals surface area contributed by atoms with Crippen molar-refractivity contribution in [2.24, 2.45) is 0 Å². The maximum Gasteiger partial charge on any atom is 0.199 e. The molecule has 6 nitrogen and oxygen atoms in total. The number of rotatable bonds is 3. The van der Waals surface area contributed by atoms with Gasteiger partial charge in [-0.3, -0.25) is 4.79 Å². The van der Waals surface area contributed by atoms with Gasteiger partial charge in [0.25, 0.3) is 0 Å².